The fourth-order valence-corrected chi connectivity index (χ4v) is 2.39. The average Bonchev–Trinajstić information content (AvgIpc) is 2.91. The first-order valence-electron chi connectivity index (χ1n) is 6.99. The van der Waals surface area contributed by atoms with Gasteiger partial charge in [0.1, 0.15) is 0 Å². The topological polar surface area (TPSA) is 70.7 Å². The van der Waals surface area contributed by atoms with Crippen molar-refractivity contribution in [2.75, 3.05) is 5.32 Å². The van der Waals surface area contributed by atoms with Gasteiger partial charge in [0, 0.05) is 12.1 Å². The lowest BCUT2D eigenvalue weighted by atomic mass is 10.1. The number of nitrogens with one attached hydrogen (secondary N) is 1. The van der Waals surface area contributed by atoms with Gasteiger partial charge in [0.15, 0.2) is 0 Å². The molecule has 0 saturated carbocycles. The molecule has 1 heterocycles. The van der Waals surface area contributed by atoms with Crippen LogP contribution in [0.1, 0.15) is 22.8 Å². The summed E-state index contributed by atoms with van der Waals surface area (Å²) < 4.78 is 1.95. The second-order valence-corrected chi connectivity index (χ2v) is 4.82. The van der Waals surface area contributed by atoms with Crippen LogP contribution in [-0.4, -0.2) is 15.5 Å². The van der Waals surface area contributed by atoms with Crippen molar-refractivity contribution in [1.82, 2.24) is 9.55 Å². The van der Waals surface area contributed by atoms with Gasteiger partial charge in [-0.1, -0.05) is 18.2 Å². The molecule has 0 unspecified atom stereocenters. The molecule has 5 heteroatoms. The number of carbonyl (C=O) groups is 1. The third kappa shape index (κ3) is 2.42. The molecule has 1 N–H and O–H groups in total. The normalized spacial score (nSPS) is 10.4. The lowest BCUT2D eigenvalue weighted by Gasteiger charge is -2.07. The van der Waals surface area contributed by atoms with Crippen LogP contribution in [0.25, 0.3) is 11.0 Å². The highest BCUT2D eigenvalue weighted by Crippen LogP contribution is 2.20. The van der Waals surface area contributed by atoms with Crippen LogP contribution in [0.15, 0.2) is 48.5 Å². The SMILES string of the molecule is CCn1c(NC(=O)c2cccc(C#N)c2)nc2ccccc21. The van der Waals surface area contributed by atoms with Gasteiger partial charge in [0.25, 0.3) is 5.91 Å². The number of hydrogen-bond acceptors (Lipinski definition) is 3. The standard InChI is InChI=1S/C17H14N4O/c1-2-21-15-9-4-3-8-14(15)19-17(21)20-16(22)13-7-5-6-12(10-13)11-18/h3-10H,2H2,1H3,(H,19,20,22). The van der Waals surface area contributed by atoms with Crippen LogP contribution in [-0.2, 0) is 6.54 Å². The number of aromatic nitrogens is 2. The third-order valence-electron chi connectivity index (χ3n) is 3.45. The zero-order valence-electron chi connectivity index (χ0n) is 12.1. The molecule has 3 aromatic rings. The Bertz CT molecular complexity index is 889. The van der Waals surface area contributed by atoms with E-state index >= 15 is 0 Å². The molecule has 0 aliphatic carbocycles. The van der Waals surface area contributed by atoms with Gasteiger partial charge < -0.3 is 4.57 Å². The molecular formula is C17H14N4O. The Hall–Kier alpha value is -3.13. The Balaban J connectivity index is 1.95. The number of nitrogens with zero attached hydrogens (tertiary/aromatic N) is 3. The number of para-hydroxylation sites is 2. The molecule has 0 bridgehead atoms. The fraction of sp³-hybridized carbons (Fsp3) is 0.118. The van der Waals surface area contributed by atoms with Crippen molar-refractivity contribution in [3.05, 3.63) is 59.7 Å². The van der Waals surface area contributed by atoms with Gasteiger partial charge in [-0.25, -0.2) is 4.98 Å². The summed E-state index contributed by atoms with van der Waals surface area (Å²) in [5, 5.41) is 11.7. The highest BCUT2D eigenvalue weighted by Gasteiger charge is 2.13. The van der Waals surface area contributed by atoms with E-state index < -0.39 is 0 Å². The number of rotatable bonds is 3. The summed E-state index contributed by atoms with van der Waals surface area (Å²) in [5.74, 6) is 0.234. The van der Waals surface area contributed by atoms with Crippen molar-refractivity contribution in [3.63, 3.8) is 0 Å². The molecule has 0 aliphatic heterocycles. The van der Waals surface area contributed by atoms with E-state index in [0.717, 1.165) is 11.0 Å². The van der Waals surface area contributed by atoms with Gasteiger partial charge in [-0.15, -0.1) is 0 Å². The van der Waals surface area contributed by atoms with Gasteiger partial charge >= 0.3 is 0 Å². The van der Waals surface area contributed by atoms with Crippen molar-refractivity contribution < 1.29 is 4.79 Å². The summed E-state index contributed by atoms with van der Waals surface area (Å²) >= 11 is 0. The molecule has 1 aromatic heterocycles. The van der Waals surface area contributed by atoms with Crippen molar-refractivity contribution in [3.8, 4) is 6.07 Å². The van der Waals surface area contributed by atoms with Gasteiger partial charge in [-0.3, -0.25) is 10.1 Å². The van der Waals surface area contributed by atoms with Gasteiger partial charge in [-0.2, -0.15) is 5.26 Å². The quantitative estimate of drug-likeness (QED) is 0.805. The highest BCUT2D eigenvalue weighted by atomic mass is 16.1. The molecule has 0 aliphatic rings. The molecule has 5 nitrogen and oxygen atoms in total. The van der Waals surface area contributed by atoms with Crippen molar-refractivity contribution in [2.45, 2.75) is 13.5 Å². The van der Waals surface area contributed by atoms with Crippen LogP contribution < -0.4 is 5.32 Å². The molecule has 3 rings (SSSR count). The summed E-state index contributed by atoms with van der Waals surface area (Å²) in [4.78, 5) is 16.8. The first-order valence-corrected chi connectivity index (χ1v) is 6.99. The number of aryl methyl sites for hydroxylation is 1. The molecule has 0 radical (unpaired) electrons. The van der Waals surface area contributed by atoms with Gasteiger partial charge in [0.2, 0.25) is 5.95 Å². The highest BCUT2D eigenvalue weighted by molar-refractivity contribution is 6.04. The van der Waals surface area contributed by atoms with E-state index in [0.29, 0.717) is 23.6 Å². The molecule has 108 valence electrons. The predicted molar refractivity (Wildman–Crippen MR) is 84.5 cm³/mol. The van der Waals surface area contributed by atoms with Gasteiger partial charge in [0.05, 0.1) is 22.7 Å². The largest absolute Gasteiger partial charge is 0.310 e. The van der Waals surface area contributed by atoms with E-state index in [4.69, 9.17) is 5.26 Å². The number of benzene rings is 2. The molecule has 2 aromatic carbocycles. The molecule has 22 heavy (non-hydrogen) atoms. The maximum absolute atomic E-state index is 12.4. The van der Waals surface area contributed by atoms with Crippen LogP contribution in [0.2, 0.25) is 0 Å². The molecular weight excluding hydrogens is 276 g/mol. The van der Waals surface area contributed by atoms with Crippen LogP contribution in [0.4, 0.5) is 5.95 Å². The van der Waals surface area contributed by atoms with Gasteiger partial charge in [-0.05, 0) is 37.3 Å². The van der Waals surface area contributed by atoms with Crippen molar-refractivity contribution in [1.29, 1.82) is 5.26 Å². The van der Waals surface area contributed by atoms with E-state index in [1.165, 1.54) is 0 Å². The monoisotopic (exact) mass is 290 g/mol. The molecule has 0 saturated heterocycles. The van der Waals surface area contributed by atoms with E-state index in [9.17, 15) is 4.79 Å². The summed E-state index contributed by atoms with van der Waals surface area (Å²) in [5.41, 5.74) is 2.71. The Labute approximate surface area is 127 Å². The summed E-state index contributed by atoms with van der Waals surface area (Å²) in [6.45, 7) is 2.70. The van der Waals surface area contributed by atoms with Crippen molar-refractivity contribution in [2.24, 2.45) is 0 Å². The smallest absolute Gasteiger partial charge is 0.258 e. The van der Waals surface area contributed by atoms with E-state index in [1.54, 1.807) is 24.3 Å². The minimum Gasteiger partial charge on any atom is -0.310 e. The number of imidazole rings is 1. The third-order valence-corrected chi connectivity index (χ3v) is 3.45. The second kappa shape index (κ2) is 5.70. The fourth-order valence-electron chi connectivity index (χ4n) is 2.39. The van der Waals surface area contributed by atoms with Crippen LogP contribution in [0.5, 0.6) is 0 Å². The Morgan fingerprint density at radius 2 is 2.09 bits per heavy atom. The van der Waals surface area contributed by atoms with E-state index in [1.807, 2.05) is 41.8 Å². The zero-order chi connectivity index (χ0) is 15.5. The van der Waals surface area contributed by atoms with Crippen LogP contribution >= 0.6 is 0 Å². The molecule has 0 atom stereocenters. The number of carbonyl (C=O) groups excluding carboxylic acids is 1. The maximum atomic E-state index is 12.4. The summed E-state index contributed by atoms with van der Waals surface area (Å²) in [7, 11) is 0. The Kier molecular flexibility index (Phi) is 3.58. The van der Waals surface area contributed by atoms with Crippen LogP contribution in [0.3, 0.4) is 0 Å². The maximum Gasteiger partial charge on any atom is 0.258 e. The number of anilines is 1. The Morgan fingerprint density at radius 3 is 2.86 bits per heavy atom. The number of hydrogen-bond donors (Lipinski definition) is 1. The average molecular weight is 290 g/mol. The molecule has 0 spiro atoms. The number of nitriles is 1. The number of fused-ring (bicyclic) bond motifs is 1. The zero-order valence-corrected chi connectivity index (χ0v) is 12.1. The first-order chi connectivity index (χ1) is 10.7. The lowest BCUT2D eigenvalue weighted by molar-refractivity contribution is 0.102. The molecule has 0 fully saturated rings. The van der Waals surface area contributed by atoms with E-state index in [-0.39, 0.29) is 5.91 Å². The Morgan fingerprint density at radius 1 is 1.27 bits per heavy atom. The minimum absolute atomic E-state index is 0.276. The van der Waals surface area contributed by atoms with E-state index in [2.05, 4.69) is 10.3 Å². The summed E-state index contributed by atoms with van der Waals surface area (Å²) in [6.07, 6.45) is 0. The minimum atomic E-state index is -0.276. The molecule has 1 amide bonds. The lowest BCUT2D eigenvalue weighted by Crippen LogP contribution is -2.15. The van der Waals surface area contributed by atoms with Crippen molar-refractivity contribution >= 4 is 22.9 Å². The number of amides is 1. The van der Waals surface area contributed by atoms with Crippen LogP contribution in [0, 0.1) is 11.3 Å². The predicted octanol–water partition coefficient (Wildman–Crippen LogP) is 3.18. The second-order valence-electron chi connectivity index (χ2n) is 4.82. The summed E-state index contributed by atoms with van der Waals surface area (Å²) in [6, 6.07) is 16.4. The first kappa shape index (κ1) is 13.8.